The fraction of sp³-hybridized carbons (Fsp3) is 0.417. The van der Waals surface area contributed by atoms with Gasteiger partial charge in [-0.1, -0.05) is 44.5 Å². The number of anilines is 1. The fourth-order valence-corrected chi connectivity index (χ4v) is 4.80. The first kappa shape index (κ1) is 25.6. The van der Waals surface area contributed by atoms with Crippen LogP contribution in [0.2, 0.25) is 0 Å². The van der Waals surface area contributed by atoms with E-state index in [4.69, 9.17) is 4.98 Å². The van der Waals surface area contributed by atoms with E-state index in [1.54, 1.807) is 11.3 Å². The molecule has 0 amide bonds. The third kappa shape index (κ3) is 5.78. The van der Waals surface area contributed by atoms with Crippen molar-refractivity contribution in [3.8, 4) is 11.3 Å². The van der Waals surface area contributed by atoms with Crippen molar-refractivity contribution in [3.05, 3.63) is 47.3 Å². The molecule has 1 saturated heterocycles. The molecule has 0 unspecified atom stereocenters. The van der Waals surface area contributed by atoms with Crippen LogP contribution < -0.4 is 4.90 Å². The van der Waals surface area contributed by atoms with Gasteiger partial charge < -0.3 is 9.80 Å². The number of aromatic nitrogens is 1. The number of halogens is 2. The van der Waals surface area contributed by atoms with Crippen LogP contribution in [0.5, 0.6) is 0 Å². The number of Topliss-reactive ketones (excluding diaryl/α,β-unsaturated/α-hetero) is 1. The Kier molecular flexibility index (Phi) is 9.76. The summed E-state index contributed by atoms with van der Waals surface area (Å²) in [6.07, 6.45) is 2.62. The van der Waals surface area contributed by atoms with Crippen LogP contribution in [0.4, 0.5) is 5.82 Å². The molecule has 0 saturated carbocycles. The van der Waals surface area contributed by atoms with Crippen molar-refractivity contribution >= 4 is 57.8 Å². The van der Waals surface area contributed by atoms with Crippen molar-refractivity contribution in [1.29, 1.82) is 0 Å². The maximum Gasteiger partial charge on any atom is 0.162 e. The lowest BCUT2D eigenvalue weighted by Gasteiger charge is -2.35. The van der Waals surface area contributed by atoms with Gasteiger partial charge in [-0.2, -0.15) is 0 Å². The summed E-state index contributed by atoms with van der Waals surface area (Å²) in [7, 11) is 0. The molecule has 168 valence electrons. The second-order valence-corrected chi connectivity index (χ2v) is 8.61. The van der Waals surface area contributed by atoms with Crippen molar-refractivity contribution in [2.45, 2.75) is 33.1 Å². The zero-order valence-electron chi connectivity index (χ0n) is 18.2. The molecule has 0 aliphatic carbocycles. The van der Waals surface area contributed by atoms with E-state index in [9.17, 15) is 4.79 Å². The van der Waals surface area contributed by atoms with Crippen LogP contribution in [-0.2, 0) is 0 Å². The zero-order chi connectivity index (χ0) is 20.2. The minimum atomic E-state index is 0. The van der Waals surface area contributed by atoms with E-state index in [0.717, 1.165) is 68.2 Å². The molecule has 0 N–H and O–H groups in total. The van der Waals surface area contributed by atoms with Crippen molar-refractivity contribution < 1.29 is 4.79 Å². The Bertz CT molecular complexity index is 982. The van der Waals surface area contributed by atoms with E-state index in [1.165, 1.54) is 10.1 Å². The Labute approximate surface area is 201 Å². The number of rotatable bonds is 7. The van der Waals surface area contributed by atoms with Gasteiger partial charge in [0.25, 0.3) is 0 Å². The van der Waals surface area contributed by atoms with Gasteiger partial charge in [-0.25, -0.2) is 4.98 Å². The van der Waals surface area contributed by atoms with E-state index in [-0.39, 0.29) is 30.6 Å². The molecule has 1 aliphatic rings. The molecule has 4 rings (SSSR count). The van der Waals surface area contributed by atoms with Gasteiger partial charge >= 0.3 is 0 Å². The highest BCUT2D eigenvalue weighted by Gasteiger charge is 2.20. The molecule has 0 radical (unpaired) electrons. The number of fused-ring (bicyclic) bond motifs is 1. The number of hydrogen-bond acceptors (Lipinski definition) is 5. The topological polar surface area (TPSA) is 36.4 Å². The number of unbranched alkanes of at least 4 members (excludes halogenated alkanes) is 1. The van der Waals surface area contributed by atoms with E-state index >= 15 is 0 Å². The Morgan fingerprint density at radius 1 is 1.03 bits per heavy atom. The molecule has 7 heteroatoms. The van der Waals surface area contributed by atoms with Gasteiger partial charge in [0.15, 0.2) is 5.78 Å². The van der Waals surface area contributed by atoms with Crippen molar-refractivity contribution in [2.75, 3.05) is 37.6 Å². The highest BCUT2D eigenvalue weighted by molar-refractivity contribution is 7.17. The van der Waals surface area contributed by atoms with Crippen molar-refractivity contribution in [1.82, 2.24) is 9.88 Å². The number of carbonyl (C=O) groups is 1. The Morgan fingerprint density at radius 3 is 2.39 bits per heavy atom. The summed E-state index contributed by atoms with van der Waals surface area (Å²) >= 11 is 1.77. The van der Waals surface area contributed by atoms with Gasteiger partial charge in [0.2, 0.25) is 0 Å². The minimum absolute atomic E-state index is 0. The fourth-order valence-electron chi connectivity index (χ4n) is 3.91. The molecular weight excluding hydrogens is 449 g/mol. The predicted octanol–water partition coefficient (Wildman–Crippen LogP) is 6.32. The maximum atomic E-state index is 12.3. The molecule has 31 heavy (non-hydrogen) atoms. The smallest absolute Gasteiger partial charge is 0.162 e. The number of carbonyl (C=O) groups excluding carboxylic acids is 1. The second-order valence-electron chi connectivity index (χ2n) is 7.70. The molecule has 3 aromatic rings. The Hall–Kier alpha value is -1.66. The highest BCUT2D eigenvalue weighted by Crippen LogP contribution is 2.34. The molecule has 1 fully saturated rings. The molecule has 2 aromatic heterocycles. The zero-order valence-corrected chi connectivity index (χ0v) is 20.6. The molecular formula is C24H31Cl2N3OS. The average molecular weight is 481 g/mol. The van der Waals surface area contributed by atoms with Gasteiger partial charge in [-0.05, 0) is 35.9 Å². The maximum absolute atomic E-state index is 12.3. The Balaban J connectivity index is 0.00000171. The van der Waals surface area contributed by atoms with Crippen molar-refractivity contribution in [2.24, 2.45) is 0 Å². The summed E-state index contributed by atoms with van der Waals surface area (Å²) < 4.78 is 1.27. The molecule has 1 aromatic carbocycles. The lowest BCUT2D eigenvalue weighted by Crippen LogP contribution is -2.46. The molecule has 3 heterocycles. The molecule has 0 spiro atoms. The normalized spacial score (nSPS) is 14.2. The summed E-state index contributed by atoms with van der Waals surface area (Å²) in [5.41, 5.74) is 2.85. The summed E-state index contributed by atoms with van der Waals surface area (Å²) in [5, 5.41) is 3.40. The highest BCUT2D eigenvalue weighted by atomic mass is 35.5. The van der Waals surface area contributed by atoms with Crippen LogP contribution in [0.15, 0.2) is 41.8 Å². The second kappa shape index (κ2) is 11.8. The average Bonchev–Trinajstić information content (AvgIpc) is 3.26. The number of pyridine rings is 1. The lowest BCUT2D eigenvalue weighted by molar-refractivity contribution is 0.0980. The lowest BCUT2D eigenvalue weighted by atomic mass is 10.0. The largest absolute Gasteiger partial charge is 0.353 e. The van der Waals surface area contributed by atoms with Crippen LogP contribution >= 0.6 is 36.2 Å². The van der Waals surface area contributed by atoms with Gasteiger partial charge in [-0.3, -0.25) is 4.79 Å². The summed E-state index contributed by atoms with van der Waals surface area (Å²) in [6, 6.07) is 12.3. The van der Waals surface area contributed by atoms with Crippen molar-refractivity contribution in [3.63, 3.8) is 0 Å². The number of piperazine rings is 1. The van der Waals surface area contributed by atoms with Gasteiger partial charge in [0, 0.05) is 43.7 Å². The molecule has 0 bridgehead atoms. The van der Waals surface area contributed by atoms with Crippen LogP contribution in [0, 0.1) is 0 Å². The van der Waals surface area contributed by atoms with E-state index in [2.05, 4.69) is 41.2 Å². The van der Waals surface area contributed by atoms with Crippen LogP contribution in [-0.4, -0.2) is 48.4 Å². The predicted molar refractivity (Wildman–Crippen MR) is 138 cm³/mol. The summed E-state index contributed by atoms with van der Waals surface area (Å²) in [4.78, 5) is 22.3. The summed E-state index contributed by atoms with van der Waals surface area (Å²) in [6.45, 7) is 9.65. The monoisotopic (exact) mass is 479 g/mol. The summed E-state index contributed by atoms with van der Waals surface area (Å²) in [5.74, 6) is 1.33. The van der Waals surface area contributed by atoms with Crippen LogP contribution in [0.25, 0.3) is 21.3 Å². The number of hydrogen-bond donors (Lipinski definition) is 0. The SMILES string of the molecule is CCCCC(=O)c1ccc(-c2cc3ccsc3c(N3CCN(CC)CC3)n2)cc1.Cl.Cl. The Morgan fingerprint density at radius 2 is 1.74 bits per heavy atom. The van der Waals surface area contributed by atoms with E-state index in [0.29, 0.717) is 6.42 Å². The first-order valence-corrected chi connectivity index (χ1v) is 11.6. The number of nitrogens with zero attached hydrogens (tertiary/aromatic N) is 3. The van der Waals surface area contributed by atoms with E-state index < -0.39 is 0 Å². The molecule has 1 aliphatic heterocycles. The third-order valence-electron chi connectivity index (χ3n) is 5.80. The number of ketones is 1. The van der Waals surface area contributed by atoms with Crippen LogP contribution in [0.3, 0.4) is 0 Å². The number of likely N-dealkylation sites (N-methyl/N-ethyl adjacent to an activating group) is 1. The number of thiophene rings is 1. The van der Waals surface area contributed by atoms with E-state index in [1.807, 2.05) is 24.3 Å². The first-order valence-electron chi connectivity index (χ1n) is 10.7. The standard InChI is InChI=1S/C24H29N3OS.2ClH/c1-3-5-6-22(28)19-9-7-18(8-10-19)21-17-20-11-16-29-23(20)24(25-21)27-14-12-26(4-2)13-15-27;;/h7-11,16-17H,3-6,12-15H2,1-2H3;2*1H. The molecule has 4 nitrogen and oxygen atoms in total. The molecule has 0 atom stereocenters. The van der Waals surface area contributed by atoms with Gasteiger partial charge in [0.05, 0.1) is 10.4 Å². The number of benzene rings is 1. The quantitative estimate of drug-likeness (QED) is 0.371. The minimum Gasteiger partial charge on any atom is -0.353 e. The van der Waals surface area contributed by atoms with Gasteiger partial charge in [0.1, 0.15) is 5.82 Å². The first-order chi connectivity index (χ1) is 14.2. The van der Waals surface area contributed by atoms with Crippen LogP contribution in [0.1, 0.15) is 43.5 Å². The third-order valence-corrected chi connectivity index (χ3v) is 6.72. The van der Waals surface area contributed by atoms with Gasteiger partial charge in [-0.15, -0.1) is 36.2 Å².